The van der Waals surface area contributed by atoms with Gasteiger partial charge in [0, 0.05) is 10.2 Å². The Morgan fingerprint density at radius 3 is 2.68 bits per heavy atom. The molecule has 7 nitrogen and oxygen atoms in total. The molecule has 3 rings (SSSR count). The summed E-state index contributed by atoms with van der Waals surface area (Å²) in [6.07, 6.45) is 1.60. The molecule has 0 unspecified atom stereocenters. The fraction of sp³-hybridized carbons (Fsp3) is 0.158. The maximum Gasteiger partial charge on any atom is 0.243 e. The van der Waals surface area contributed by atoms with E-state index in [2.05, 4.69) is 36.6 Å². The monoisotopic (exact) mass is 459 g/mol. The predicted octanol–water partition coefficient (Wildman–Crippen LogP) is 3.19. The summed E-state index contributed by atoms with van der Waals surface area (Å²) in [5.41, 5.74) is 2.54. The average Bonchev–Trinajstić information content (AvgIpc) is 3.17. The number of hydrogen-bond acceptors (Lipinski definition) is 5. The van der Waals surface area contributed by atoms with Gasteiger partial charge in [-0.15, -0.1) is 5.10 Å². The van der Waals surface area contributed by atoms with Gasteiger partial charge in [-0.1, -0.05) is 45.9 Å². The summed E-state index contributed by atoms with van der Waals surface area (Å²) in [6, 6.07) is 15.2. The van der Waals surface area contributed by atoms with Crippen molar-refractivity contribution >= 4 is 45.2 Å². The number of thioether (sulfide) groups is 1. The van der Waals surface area contributed by atoms with E-state index in [1.54, 1.807) is 11.0 Å². The van der Waals surface area contributed by atoms with Gasteiger partial charge in [0.1, 0.15) is 6.33 Å². The molecule has 0 saturated carbocycles. The van der Waals surface area contributed by atoms with Gasteiger partial charge < -0.3 is 10.6 Å². The topological polar surface area (TPSA) is 88.9 Å². The maximum absolute atomic E-state index is 12.0. The second kappa shape index (κ2) is 9.52. The lowest BCUT2D eigenvalue weighted by molar-refractivity contribution is -0.122. The van der Waals surface area contributed by atoms with Gasteiger partial charge in [0.2, 0.25) is 17.0 Å². The molecule has 28 heavy (non-hydrogen) atoms. The molecule has 0 spiro atoms. The Morgan fingerprint density at radius 1 is 1.14 bits per heavy atom. The maximum atomic E-state index is 12.0. The van der Waals surface area contributed by atoms with Gasteiger partial charge in [-0.3, -0.25) is 9.59 Å². The number of nitrogens with one attached hydrogen (secondary N) is 2. The van der Waals surface area contributed by atoms with Gasteiger partial charge in [-0.25, -0.2) is 9.67 Å². The number of rotatable bonds is 7. The van der Waals surface area contributed by atoms with Gasteiger partial charge in [0.05, 0.1) is 18.0 Å². The molecule has 2 amide bonds. The fourth-order valence-corrected chi connectivity index (χ4v) is 3.45. The second-order valence-corrected chi connectivity index (χ2v) is 7.74. The lowest BCUT2D eigenvalue weighted by Gasteiger charge is -2.09. The zero-order valence-corrected chi connectivity index (χ0v) is 17.5. The lowest BCUT2D eigenvalue weighted by atomic mass is 10.2. The summed E-state index contributed by atoms with van der Waals surface area (Å²) in [5.74, 6) is -0.414. The number of aryl methyl sites for hydroxylation is 1. The van der Waals surface area contributed by atoms with E-state index in [1.165, 1.54) is 11.8 Å². The lowest BCUT2D eigenvalue weighted by Crippen LogP contribution is -2.34. The zero-order valence-electron chi connectivity index (χ0n) is 15.1. The number of amides is 2. The molecule has 3 aromatic rings. The van der Waals surface area contributed by atoms with Crippen LogP contribution in [0.5, 0.6) is 0 Å². The van der Waals surface area contributed by atoms with E-state index in [0.717, 1.165) is 15.7 Å². The Kier molecular flexibility index (Phi) is 6.83. The third-order valence-electron chi connectivity index (χ3n) is 3.73. The van der Waals surface area contributed by atoms with Gasteiger partial charge >= 0.3 is 0 Å². The number of hydrogen-bond donors (Lipinski definition) is 2. The number of carbonyl (C=O) groups excluding carboxylic acids is 2. The van der Waals surface area contributed by atoms with Gasteiger partial charge in [-0.2, -0.15) is 0 Å². The number of carbonyl (C=O) groups is 2. The molecule has 2 aromatic carbocycles. The Bertz CT molecular complexity index is 977. The van der Waals surface area contributed by atoms with Crippen LogP contribution in [0.1, 0.15) is 5.56 Å². The minimum absolute atomic E-state index is 0.0964. The van der Waals surface area contributed by atoms with Crippen LogP contribution < -0.4 is 10.6 Å². The Hall–Kier alpha value is -2.65. The van der Waals surface area contributed by atoms with E-state index in [-0.39, 0.29) is 24.1 Å². The summed E-state index contributed by atoms with van der Waals surface area (Å²) >= 11 is 4.59. The first-order valence-electron chi connectivity index (χ1n) is 8.44. The van der Waals surface area contributed by atoms with Crippen LogP contribution in [-0.4, -0.2) is 38.9 Å². The van der Waals surface area contributed by atoms with Crippen LogP contribution >= 0.6 is 27.7 Å². The largest absolute Gasteiger partial charge is 0.346 e. The molecule has 0 saturated heterocycles. The summed E-state index contributed by atoms with van der Waals surface area (Å²) < 4.78 is 2.59. The Labute approximate surface area is 175 Å². The molecule has 0 aliphatic carbocycles. The molecule has 9 heteroatoms. The summed E-state index contributed by atoms with van der Waals surface area (Å²) in [6.45, 7) is 1.80. The van der Waals surface area contributed by atoms with Crippen LogP contribution in [0.4, 0.5) is 5.69 Å². The summed E-state index contributed by atoms with van der Waals surface area (Å²) in [4.78, 5) is 28.2. The van der Waals surface area contributed by atoms with Crippen molar-refractivity contribution in [2.45, 2.75) is 12.1 Å². The van der Waals surface area contributed by atoms with Crippen molar-refractivity contribution in [3.05, 3.63) is 64.9 Å². The first kappa shape index (κ1) is 20.1. The van der Waals surface area contributed by atoms with E-state index in [9.17, 15) is 9.59 Å². The summed E-state index contributed by atoms with van der Waals surface area (Å²) in [7, 11) is 0. The van der Waals surface area contributed by atoms with Crippen LogP contribution in [0.25, 0.3) is 5.69 Å². The van der Waals surface area contributed by atoms with E-state index in [4.69, 9.17) is 0 Å². The molecule has 0 aliphatic rings. The van der Waals surface area contributed by atoms with Crippen LogP contribution in [0.2, 0.25) is 0 Å². The number of nitrogens with zero attached hydrogens (tertiary/aromatic N) is 3. The first-order chi connectivity index (χ1) is 13.5. The van der Waals surface area contributed by atoms with Gasteiger partial charge in [-0.05, 0) is 42.8 Å². The van der Waals surface area contributed by atoms with E-state index < -0.39 is 0 Å². The number of aromatic nitrogens is 3. The molecule has 1 aromatic heterocycles. The third kappa shape index (κ3) is 5.67. The van der Waals surface area contributed by atoms with E-state index >= 15 is 0 Å². The molecular weight excluding hydrogens is 442 g/mol. The smallest absolute Gasteiger partial charge is 0.243 e. The number of anilines is 1. The second-order valence-electron chi connectivity index (χ2n) is 5.88. The Morgan fingerprint density at radius 2 is 1.93 bits per heavy atom. The SMILES string of the molecule is Cc1cc(Br)ccc1NC(=O)CNC(=O)CSc1ncn(-c2ccccc2)n1. The van der Waals surface area contributed by atoms with Crippen molar-refractivity contribution in [3.8, 4) is 5.69 Å². The highest BCUT2D eigenvalue weighted by Crippen LogP contribution is 2.19. The third-order valence-corrected chi connectivity index (χ3v) is 5.08. The quantitative estimate of drug-likeness (QED) is 0.529. The van der Waals surface area contributed by atoms with Crippen molar-refractivity contribution in [1.82, 2.24) is 20.1 Å². The standard InChI is InChI=1S/C19H18BrN5O2S/c1-13-9-14(20)7-8-16(13)23-17(26)10-21-18(27)11-28-19-22-12-25(24-19)15-5-3-2-4-6-15/h2-9,12H,10-11H2,1H3,(H,21,27)(H,23,26). The van der Waals surface area contributed by atoms with Crippen molar-refractivity contribution < 1.29 is 9.59 Å². The summed E-state index contributed by atoms with van der Waals surface area (Å²) in [5, 5.41) is 10.2. The molecule has 2 N–H and O–H groups in total. The molecular formula is C19H18BrN5O2S. The minimum atomic E-state index is -0.282. The van der Waals surface area contributed by atoms with Crippen molar-refractivity contribution in [1.29, 1.82) is 0 Å². The zero-order chi connectivity index (χ0) is 19.9. The Balaban J connectivity index is 1.43. The molecule has 0 radical (unpaired) electrons. The molecule has 144 valence electrons. The number of benzene rings is 2. The first-order valence-corrected chi connectivity index (χ1v) is 10.2. The van der Waals surface area contributed by atoms with Gasteiger partial charge in [0.15, 0.2) is 0 Å². The van der Waals surface area contributed by atoms with Gasteiger partial charge in [0.25, 0.3) is 0 Å². The minimum Gasteiger partial charge on any atom is -0.346 e. The average molecular weight is 460 g/mol. The van der Waals surface area contributed by atoms with Crippen LogP contribution in [0.15, 0.2) is 64.5 Å². The van der Waals surface area contributed by atoms with Crippen molar-refractivity contribution in [2.75, 3.05) is 17.6 Å². The van der Waals surface area contributed by atoms with E-state index in [1.807, 2.05) is 55.5 Å². The molecule has 0 aliphatic heterocycles. The highest BCUT2D eigenvalue weighted by molar-refractivity contribution is 9.10. The van der Waals surface area contributed by atoms with E-state index in [0.29, 0.717) is 10.8 Å². The fourth-order valence-electron chi connectivity index (χ4n) is 2.34. The molecule has 0 bridgehead atoms. The van der Waals surface area contributed by atoms with Crippen molar-refractivity contribution in [3.63, 3.8) is 0 Å². The molecule has 0 fully saturated rings. The van der Waals surface area contributed by atoms with Crippen LogP contribution in [0, 0.1) is 6.92 Å². The number of para-hydroxylation sites is 1. The highest BCUT2D eigenvalue weighted by atomic mass is 79.9. The van der Waals surface area contributed by atoms with Crippen LogP contribution in [-0.2, 0) is 9.59 Å². The highest BCUT2D eigenvalue weighted by Gasteiger charge is 2.10. The number of halogens is 1. The molecule has 0 atom stereocenters. The normalized spacial score (nSPS) is 10.5. The molecule has 1 heterocycles. The van der Waals surface area contributed by atoms with Crippen molar-refractivity contribution in [2.24, 2.45) is 0 Å². The predicted molar refractivity (Wildman–Crippen MR) is 113 cm³/mol. The van der Waals surface area contributed by atoms with Crippen LogP contribution in [0.3, 0.4) is 0 Å².